The van der Waals surface area contributed by atoms with Gasteiger partial charge in [0.25, 0.3) is 0 Å². The molecule has 1 aliphatic heterocycles. The highest BCUT2D eigenvalue weighted by Gasteiger charge is 2.44. The second kappa shape index (κ2) is 7.10. The van der Waals surface area contributed by atoms with Gasteiger partial charge in [-0.25, -0.2) is 0 Å². The van der Waals surface area contributed by atoms with Crippen molar-refractivity contribution in [3.63, 3.8) is 0 Å². The van der Waals surface area contributed by atoms with Crippen molar-refractivity contribution in [3.8, 4) is 5.75 Å². The number of ether oxygens (including phenoxy) is 1. The van der Waals surface area contributed by atoms with Crippen molar-refractivity contribution in [2.45, 2.75) is 51.0 Å². The molecule has 0 bridgehead atoms. The molecule has 1 N–H and O–H groups in total. The molecule has 1 amide bonds. The molecule has 144 valence electrons. The van der Waals surface area contributed by atoms with E-state index in [2.05, 4.69) is 4.74 Å². The molecular formula is C19H24F3NO3. The summed E-state index contributed by atoms with van der Waals surface area (Å²) in [6.07, 6.45) is -1.29. The summed E-state index contributed by atoms with van der Waals surface area (Å²) in [7, 11) is 0. The Morgan fingerprint density at radius 1 is 1.31 bits per heavy atom. The van der Waals surface area contributed by atoms with Crippen LogP contribution in [-0.2, 0) is 11.2 Å². The number of benzene rings is 1. The fourth-order valence-corrected chi connectivity index (χ4v) is 4.00. The van der Waals surface area contributed by atoms with Crippen LogP contribution in [0.25, 0.3) is 0 Å². The molecular weight excluding hydrogens is 347 g/mol. The van der Waals surface area contributed by atoms with E-state index in [-0.39, 0.29) is 17.6 Å². The third-order valence-electron chi connectivity index (χ3n) is 5.30. The highest BCUT2D eigenvalue weighted by molar-refractivity contribution is 5.80. The van der Waals surface area contributed by atoms with Crippen molar-refractivity contribution < 1.29 is 27.8 Å². The molecule has 0 spiro atoms. The lowest BCUT2D eigenvalue weighted by Gasteiger charge is -2.43. The summed E-state index contributed by atoms with van der Waals surface area (Å²) < 4.78 is 40.9. The maximum Gasteiger partial charge on any atom is 0.573 e. The van der Waals surface area contributed by atoms with Crippen molar-refractivity contribution in [3.05, 3.63) is 29.8 Å². The lowest BCUT2D eigenvalue weighted by molar-refractivity contribution is -0.274. The lowest BCUT2D eigenvalue weighted by atomic mass is 9.71. The van der Waals surface area contributed by atoms with E-state index in [9.17, 15) is 23.1 Å². The Labute approximate surface area is 150 Å². The Hall–Kier alpha value is -1.76. The summed E-state index contributed by atoms with van der Waals surface area (Å²) in [6.45, 7) is 3.08. The first-order chi connectivity index (χ1) is 12.1. The molecule has 1 aromatic rings. The Morgan fingerprint density at radius 3 is 2.54 bits per heavy atom. The SMILES string of the molecule is C[C@]1(O)C[C@@H](C(=O)N2CCC(Cc3cccc(OC(F)(F)F)c3)CC2)C1. The zero-order valence-corrected chi connectivity index (χ0v) is 14.8. The fourth-order valence-electron chi connectivity index (χ4n) is 4.00. The molecule has 2 fully saturated rings. The van der Waals surface area contributed by atoms with Gasteiger partial charge >= 0.3 is 6.36 Å². The molecule has 4 nitrogen and oxygen atoms in total. The monoisotopic (exact) mass is 371 g/mol. The fraction of sp³-hybridized carbons (Fsp3) is 0.632. The van der Waals surface area contributed by atoms with Crippen LogP contribution in [0.4, 0.5) is 13.2 Å². The summed E-state index contributed by atoms with van der Waals surface area (Å²) in [5.41, 5.74) is 0.105. The van der Waals surface area contributed by atoms with Crippen LogP contribution in [0.2, 0.25) is 0 Å². The average Bonchev–Trinajstić information content (AvgIpc) is 2.51. The highest BCUT2D eigenvalue weighted by Crippen LogP contribution is 2.39. The van der Waals surface area contributed by atoms with E-state index in [0.717, 1.165) is 18.4 Å². The van der Waals surface area contributed by atoms with Gasteiger partial charge in [-0.05, 0) is 62.6 Å². The van der Waals surface area contributed by atoms with Gasteiger partial charge in [-0.1, -0.05) is 12.1 Å². The molecule has 26 heavy (non-hydrogen) atoms. The third-order valence-corrected chi connectivity index (χ3v) is 5.30. The number of rotatable bonds is 4. The maximum absolute atomic E-state index is 12.4. The van der Waals surface area contributed by atoms with Crippen molar-refractivity contribution in [1.29, 1.82) is 0 Å². The number of carbonyl (C=O) groups excluding carboxylic acids is 1. The van der Waals surface area contributed by atoms with Gasteiger partial charge < -0.3 is 14.7 Å². The summed E-state index contributed by atoms with van der Waals surface area (Å²) in [5.74, 6) is 0.192. The minimum Gasteiger partial charge on any atom is -0.406 e. The molecule has 0 unspecified atom stereocenters. The van der Waals surface area contributed by atoms with Gasteiger partial charge in [0.15, 0.2) is 0 Å². The number of halogens is 3. The number of piperidine rings is 1. The van der Waals surface area contributed by atoms with Crippen molar-refractivity contribution in [2.24, 2.45) is 11.8 Å². The van der Waals surface area contributed by atoms with Gasteiger partial charge in [0.2, 0.25) is 5.91 Å². The smallest absolute Gasteiger partial charge is 0.406 e. The molecule has 3 rings (SSSR count). The van der Waals surface area contributed by atoms with Gasteiger partial charge in [0.1, 0.15) is 5.75 Å². The van der Waals surface area contributed by atoms with Crippen molar-refractivity contribution in [1.82, 2.24) is 4.90 Å². The van der Waals surface area contributed by atoms with E-state index in [1.54, 1.807) is 19.1 Å². The minimum absolute atomic E-state index is 0.0715. The number of carbonyl (C=O) groups is 1. The van der Waals surface area contributed by atoms with Gasteiger partial charge in [0.05, 0.1) is 5.60 Å². The molecule has 0 radical (unpaired) electrons. The Balaban J connectivity index is 1.48. The summed E-state index contributed by atoms with van der Waals surface area (Å²) in [4.78, 5) is 14.3. The molecule has 2 aliphatic rings. The van der Waals surface area contributed by atoms with E-state index < -0.39 is 12.0 Å². The first kappa shape index (κ1) is 19.0. The lowest BCUT2D eigenvalue weighted by Crippen LogP contribution is -2.51. The Kier molecular flexibility index (Phi) is 5.19. The van der Waals surface area contributed by atoms with E-state index in [1.807, 2.05) is 4.90 Å². The highest BCUT2D eigenvalue weighted by atomic mass is 19.4. The molecule has 0 atom stereocenters. The predicted molar refractivity (Wildman–Crippen MR) is 89.5 cm³/mol. The van der Waals surface area contributed by atoms with Crippen LogP contribution in [0.15, 0.2) is 24.3 Å². The summed E-state index contributed by atoms with van der Waals surface area (Å²) in [6, 6.07) is 6.10. The first-order valence-corrected chi connectivity index (χ1v) is 8.97. The van der Waals surface area contributed by atoms with Crippen LogP contribution in [0.5, 0.6) is 5.75 Å². The van der Waals surface area contributed by atoms with Gasteiger partial charge in [-0.15, -0.1) is 13.2 Å². The van der Waals surface area contributed by atoms with Crippen LogP contribution >= 0.6 is 0 Å². The number of likely N-dealkylation sites (tertiary alicyclic amines) is 1. The molecule has 1 saturated heterocycles. The Bertz CT molecular complexity index is 644. The first-order valence-electron chi connectivity index (χ1n) is 8.97. The van der Waals surface area contributed by atoms with Crippen LogP contribution < -0.4 is 4.74 Å². The van der Waals surface area contributed by atoms with Gasteiger partial charge in [-0.3, -0.25) is 4.79 Å². The van der Waals surface area contributed by atoms with Crippen LogP contribution in [0.3, 0.4) is 0 Å². The normalized spacial score (nSPS) is 27.1. The topological polar surface area (TPSA) is 49.8 Å². The van der Waals surface area contributed by atoms with E-state index in [4.69, 9.17) is 0 Å². The third kappa shape index (κ3) is 4.90. The number of alkyl halides is 3. The second-order valence-electron chi connectivity index (χ2n) is 7.77. The van der Waals surface area contributed by atoms with Gasteiger partial charge in [0, 0.05) is 19.0 Å². The van der Waals surface area contributed by atoms with E-state index >= 15 is 0 Å². The molecule has 1 saturated carbocycles. The zero-order valence-electron chi connectivity index (χ0n) is 14.8. The predicted octanol–water partition coefficient (Wildman–Crippen LogP) is 3.53. The average molecular weight is 371 g/mol. The number of aliphatic hydroxyl groups is 1. The molecule has 0 aromatic heterocycles. The van der Waals surface area contributed by atoms with Crippen LogP contribution in [0, 0.1) is 11.8 Å². The second-order valence-corrected chi connectivity index (χ2v) is 7.77. The largest absolute Gasteiger partial charge is 0.573 e. The zero-order chi connectivity index (χ0) is 18.9. The summed E-state index contributed by atoms with van der Waals surface area (Å²) in [5, 5.41) is 9.78. The van der Waals surface area contributed by atoms with E-state index in [1.165, 1.54) is 12.1 Å². The van der Waals surface area contributed by atoms with Crippen molar-refractivity contribution >= 4 is 5.91 Å². The Morgan fingerprint density at radius 2 is 1.96 bits per heavy atom. The standard InChI is InChI=1S/C19H24F3NO3/c1-18(25)11-15(12-18)17(24)23-7-5-13(6-8-23)9-14-3-2-4-16(10-14)26-19(20,21)22/h2-4,10,13,15,25H,5-9,11-12H2,1H3/t15-,18+. The molecule has 1 heterocycles. The molecule has 1 aromatic carbocycles. The number of nitrogens with zero attached hydrogens (tertiary/aromatic N) is 1. The van der Waals surface area contributed by atoms with Crippen LogP contribution in [-0.4, -0.2) is 41.0 Å². The van der Waals surface area contributed by atoms with Crippen molar-refractivity contribution in [2.75, 3.05) is 13.1 Å². The van der Waals surface area contributed by atoms with Crippen LogP contribution in [0.1, 0.15) is 38.2 Å². The van der Waals surface area contributed by atoms with Gasteiger partial charge in [-0.2, -0.15) is 0 Å². The molecule has 1 aliphatic carbocycles. The number of amides is 1. The quantitative estimate of drug-likeness (QED) is 0.881. The molecule has 7 heteroatoms. The minimum atomic E-state index is -4.68. The maximum atomic E-state index is 12.4. The number of hydrogen-bond acceptors (Lipinski definition) is 3. The van der Waals surface area contributed by atoms with E-state index in [0.29, 0.717) is 38.3 Å². The number of hydrogen-bond donors (Lipinski definition) is 1. The summed E-state index contributed by atoms with van der Waals surface area (Å²) >= 11 is 0.